The summed E-state index contributed by atoms with van der Waals surface area (Å²) in [5.41, 5.74) is 3.12. The van der Waals surface area contributed by atoms with Gasteiger partial charge in [-0.25, -0.2) is 5.43 Å². The second-order valence-corrected chi connectivity index (χ2v) is 6.17. The van der Waals surface area contributed by atoms with Crippen LogP contribution in [-0.2, 0) is 4.79 Å². The molecule has 0 aromatic heterocycles. The van der Waals surface area contributed by atoms with E-state index in [0.29, 0.717) is 23.1 Å². The number of nitrogens with one attached hydrogen (secondary N) is 1. The van der Waals surface area contributed by atoms with E-state index in [-0.39, 0.29) is 12.5 Å². The van der Waals surface area contributed by atoms with E-state index in [1.165, 1.54) is 6.21 Å². The summed E-state index contributed by atoms with van der Waals surface area (Å²) in [5, 5.41) is 4.53. The van der Waals surface area contributed by atoms with Gasteiger partial charge < -0.3 is 9.47 Å². The first kappa shape index (κ1) is 19.0. The summed E-state index contributed by atoms with van der Waals surface area (Å²) in [6.07, 6.45) is 3.15. The fourth-order valence-electron chi connectivity index (χ4n) is 1.79. The van der Waals surface area contributed by atoms with Crippen LogP contribution >= 0.6 is 27.5 Å². The predicted octanol–water partition coefficient (Wildman–Crippen LogP) is 4.20. The molecule has 25 heavy (non-hydrogen) atoms. The van der Waals surface area contributed by atoms with Crippen molar-refractivity contribution in [1.82, 2.24) is 5.43 Å². The van der Waals surface area contributed by atoms with Gasteiger partial charge in [-0.2, -0.15) is 5.10 Å². The van der Waals surface area contributed by atoms with Crippen molar-refractivity contribution in [3.05, 3.63) is 70.2 Å². The molecule has 0 fully saturated rings. The lowest BCUT2D eigenvalue weighted by atomic mass is 10.2. The van der Waals surface area contributed by atoms with E-state index in [1.54, 1.807) is 36.4 Å². The Bertz CT molecular complexity index is 763. The smallest absolute Gasteiger partial charge is 0.277 e. The highest BCUT2D eigenvalue weighted by atomic mass is 79.9. The van der Waals surface area contributed by atoms with Crippen LogP contribution in [0.4, 0.5) is 0 Å². The Morgan fingerprint density at radius 3 is 2.72 bits per heavy atom. The van der Waals surface area contributed by atoms with Crippen molar-refractivity contribution in [2.24, 2.45) is 5.10 Å². The van der Waals surface area contributed by atoms with Gasteiger partial charge in [0, 0.05) is 15.1 Å². The van der Waals surface area contributed by atoms with Crippen LogP contribution in [0.1, 0.15) is 5.56 Å². The number of hydrazone groups is 1. The maximum atomic E-state index is 11.8. The molecule has 0 heterocycles. The molecule has 0 aliphatic carbocycles. The van der Waals surface area contributed by atoms with Gasteiger partial charge in [0.1, 0.15) is 18.1 Å². The van der Waals surface area contributed by atoms with E-state index in [4.69, 9.17) is 21.1 Å². The summed E-state index contributed by atoms with van der Waals surface area (Å²) >= 11 is 9.17. The number of hydrogen-bond acceptors (Lipinski definition) is 4. The van der Waals surface area contributed by atoms with Gasteiger partial charge in [-0.15, -0.1) is 0 Å². The van der Waals surface area contributed by atoms with Crippen molar-refractivity contribution in [3.8, 4) is 11.5 Å². The Hall–Kier alpha value is -2.31. The second kappa shape index (κ2) is 9.86. The van der Waals surface area contributed by atoms with Crippen molar-refractivity contribution < 1.29 is 14.3 Å². The number of carbonyl (C=O) groups excluding carboxylic acids is 1. The van der Waals surface area contributed by atoms with Crippen LogP contribution in [0.15, 0.2) is 64.7 Å². The van der Waals surface area contributed by atoms with Crippen LogP contribution in [0.2, 0.25) is 5.02 Å². The minimum atomic E-state index is -0.380. The van der Waals surface area contributed by atoms with E-state index in [9.17, 15) is 4.79 Å². The minimum absolute atomic E-state index is 0.155. The molecule has 130 valence electrons. The number of carbonyl (C=O) groups is 1. The third-order valence-electron chi connectivity index (χ3n) is 2.90. The van der Waals surface area contributed by atoms with E-state index < -0.39 is 0 Å². The summed E-state index contributed by atoms with van der Waals surface area (Å²) in [6, 6.07) is 12.2. The highest BCUT2D eigenvalue weighted by Crippen LogP contribution is 2.21. The zero-order valence-electron chi connectivity index (χ0n) is 13.2. The molecule has 0 saturated carbocycles. The van der Waals surface area contributed by atoms with Gasteiger partial charge in [0.2, 0.25) is 0 Å². The molecule has 0 bridgehead atoms. The lowest BCUT2D eigenvalue weighted by Crippen LogP contribution is -2.24. The third kappa shape index (κ3) is 6.60. The number of amides is 1. The first-order valence-corrected chi connectivity index (χ1v) is 8.49. The molecule has 0 saturated heterocycles. The van der Waals surface area contributed by atoms with Crippen molar-refractivity contribution in [1.29, 1.82) is 0 Å². The summed E-state index contributed by atoms with van der Waals surface area (Å²) in [4.78, 5) is 11.8. The van der Waals surface area contributed by atoms with E-state index >= 15 is 0 Å². The van der Waals surface area contributed by atoms with E-state index in [0.717, 1.165) is 10.0 Å². The average Bonchev–Trinajstić information content (AvgIpc) is 2.60. The maximum absolute atomic E-state index is 11.8. The van der Waals surface area contributed by atoms with Gasteiger partial charge in [-0.3, -0.25) is 4.79 Å². The van der Waals surface area contributed by atoms with Gasteiger partial charge in [-0.05, 0) is 42.5 Å². The average molecular weight is 424 g/mol. The number of halogens is 2. The molecular formula is C18H16BrClN2O3. The number of benzene rings is 2. The van der Waals surface area contributed by atoms with Crippen LogP contribution in [-0.4, -0.2) is 25.3 Å². The van der Waals surface area contributed by atoms with E-state index in [1.807, 2.05) is 12.1 Å². The van der Waals surface area contributed by atoms with Crippen LogP contribution < -0.4 is 14.9 Å². The lowest BCUT2D eigenvalue weighted by Gasteiger charge is -2.07. The molecule has 0 aliphatic heterocycles. The van der Waals surface area contributed by atoms with Crippen LogP contribution in [0.25, 0.3) is 0 Å². The van der Waals surface area contributed by atoms with Gasteiger partial charge >= 0.3 is 0 Å². The molecule has 2 aromatic carbocycles. The normalized spacial score (nSPS) is 10.5. The molecule has 0 radical (unpaired) electrons. The molecule has 2 aromatic rings. The van der Waals surface area contributed by atoms with Gasteiger partial charge in [-0.1, -0.05) is 40.2 Å². The third-order valence-corrected chi connectivity index (χ3v) is 3.65. The van der Waals surface area contributed by atoms with Gasteiger partial charge in [0.05, 0.1) is 6.21 Å². The minimum Gasteiger partial charge on any atom is -0.489 e. The molecule has 7 heteroatoms. The quantitative estimate of drug-likeness (QED) is 0.393. The highest BCUT2D eigenvalue weighted by molar-refractivity contribution is 9.10. The second-order valence-electron chi connectivity index (χ2n) is 4.82. The molecule has 2 rings (SSSR count). The largest absolute Gasteiger partial charge is 0.489 e. The SMILES string of the molecule is C=CCOc1ccc(Br)cc1/C=N\NC(=O)COc1ccc(Cl)cc1. The van der Waals surface area contributed by atoms with E-state index in [2.05, 4.69) is 33.0 Å². The molecule has 0 atom stereocenters. The van der Waals surface area contributed by atoms with Crippen molar-refractivity contribution in [2.75, 3.05) is 13.2 Å². The highest BCUT2D eigenvalue weighted by Gasteiger charge is 2.04. The maximum Gasteiger partial charge on any atom is 0.277 e. The Morgan fingerprint density at radius 1 is 1.24 bits per heavy atom. The Kier molecular flexibility index (Phi) is 7.50. The Balaban J connectivity index is 1.89. The number of ether oxygens (including phenoxy) is 2. The van der Waals surface area contributed by atoms with Crippen molar-refractivity contribution >= 4 is 39.7 Å². The lowest BCUT2D eigenvalue weighted by molar-refractivity contribution is -0.123. The molecule has 0 unspecified atom stereocenters. The topological polar surface area (TPSA) is 59.9 Å². The van der Waals surface area contributed by atoms with Crippen LogP contribution in [0, 0.1) is 0 Å². The molecular weight excluding hydrogens is 408 g/mol. The summed E-state index contributed by atoms with van der Waals surface area (Å²) in [7, 11) is 0. The van der Waals surface area contributed by atoms with Gasteiger partial charge in [0.25, 0.3) is 5.91 Å². The molecule has 1 amide bonds. The zero-order valence-corrected chi connectivity index (χ0v) is 15.6. The standard InChI is InChI=1S/C18H16BrClN2O3/c1-2-9-24-17-8-3-14(19)10-13(17)11-21-22-18(23)12-25-16-6-4-15(20)5-7-16/h2-8,10-11H,1,9,12H2,(H,22,23)/b21-11-. The van der Waals surface area contributed by atoms with Gasteiger partial charge in [0.15, 0.2) is 6.61 Å². The summed E-state index contributed by atoms with van der Waals surface area (Å²) < 4.78 is 11.7. The number of hydrogen-bond donors (Lipinski definition) is 1. The first-order valence-electron chi connectivity index (χ1n) is 7.32. The Morgan fingerprint density at radius 2 is 2.00 bits per heavy atom. The number of nitrogens with zero attached hydrogens (tertiary/aromatic N) is 1. The molecule has 1 N–H and O–H groups in total. The van der Waals surface area contributed by atoms with Crippen molar-refractivity contribution in [3.63, 3.8) is 0 Å². The number of rotatable bonds is 8. The summed E-state index contributed by atoms with van der Waals surface area (Å²) in [5.74, 6) is 0.809. The molecule has 0 aliphatic rings. The fraction of sp³-hybridized carbons (Fsp3) is 0.111. The monoisotopic (exact) mass is 422 g/mol. The Labute approximate surface area is 159 Å². The molecule has 5 nitrogen and oxygen atoms in total. The van der Waals surface area contributed by atoms with Crippen molar-refractivity contribution in [2.45, 2.75) is 0 Å². The first-order chi connectivity index (χ1) is 12.1. The molecule has 0 spiro atoms. The predicted molar refractivity (Wildman–Crippen MR) is 103 cm³/mol. The fourth-order valence-corrected chi connectivity index (χ4v) is 2.29. The van der Waals surface area contributed by atoms with Crippen LogP contribution in [0.5, 0.6) is 11.5 Å². The van der Waals surface area contributed by atoms with Crippen LogP contribution in [0.3, 0.4) is 0 Å². The summed E-state index contributed by atoms with van der Waals surface area (Å²) in [6.45, 7) is 3.84. The zero-order chi connectivity index (χ0) is 18.1.